The fourth-order valence-electron chi connectivity index (χ4n) is 1.57. The molecule has 2 aromatic heterocycles. The molecule has 2 heterocycles. The van der Waals surface area contributed by atoms with Crippen LogP contribution in [0.5, 0.6) is 0 Å². The standard InChI is InChI=1S/C10H15N5O/c1-3-8-9(11)10(15(2)13-8)12-6-7-4-5-16-14-7/h4-5,12H,3,6,11H2,1-2H3. The highest BCUT2D eigenvalue weighted by molar-refractivity contribution is 5.64. The van der Waals surface area contributed by atoms with Crippen LogP contribution in [-0.4, -0.2) is 14.9 Å². The number of aryl methyl sites for hydroxylation is 2. The van der Waals surface area contributed by atoms with Crippen LogP contribution in [0.15, 0.2) is 16.9 Å². The third kappa shape index (κ3) is 1.86. The topological polar surface area (TPSA) is 81.9 Å². The first kappa shape index (κ1) is 10.5. The van der Waals surface area contributed by atoms with Gasteiger partial charge in [-0.1, -0.05) is 12.1 Å². The Bertz CT molecular complexity index is 460. The zero-order chi connectivity index (χ0) is 11.5. The Morgan fingerprint density at radius 3 is 2.94 bits per heavy atom. The SMILES string of the molecule is CCc1nn(C)c(NCc2ccon2)c1N. The summed E-state index contributed by atoms with van der Waals surface area (Å²) < 4.78 is 6.49. The van der Waals surface area contributed by atoms with Gasteiger partial charge in [0.1, 0.15) is 17.8 Å². The lowest BCUT2D eigenvalue weighted by Gasteiger charge is -2.05. The van der Waals surface area contributed by atoms with E-state index in [9.17, 15) is 0 Å². The molecule has 0 bridgehead atoms. The second-order valence-corrected chi connectivity index (χ2v) is 3.53. The van der Waals surface area contributed by atoms with Crippen molar-refractivity contribution in [1.29, 1.82) is 0 Å². The Kier molecular flexibility index (Phi) is 2.80. The van der Waals surface area contributed by atoms with Gasteiger partial charge in [0.2, 0.25) is 0 Å². The molecule has 6 heteroatoms. The summed E-state index contributed by atoms with van der Waals surface area (Å²) in [5.41, 5.74) is 8.41. The van der Waals surface area contributed by atoms with E-state index in [1.807, 2.05) is 14.0 Å². The summed E-state index contributed by atoms with van der Waals surface area (Å²) >= 11 is 0. The molecule has 0 spiro atoms. The highest BCUT2D eigenvalue weighted by atomic mass is 16.5. The second kappa shape index (κ2) is 4.26. The third-order valence-corrected chi connectivity index (χ3v) is 2.42. The molecule has 0 aliphatic carbocycles. The van der Waals surface area contributed by atoms with Gasteiger partial charge in [0.15, 0.2) is 0 Å². The number of hydrogen-bond acceptors (Lipinski definition) is 5. The minimum absolute atomic E-state index is 0.573. The quantitative estimate of drug-likeness (QED) is 0.809. The average molecular weight is 221 g/mol. The fraction of sp³-hybridized carbons (Fsp3) is 0.400. The molecular weight excluding hydrogens is 206 g/mol. The molecule has 0 aliphatic heterocycles. The van der Waals surface area contributed by atoms with Crippen LogP contribution < -0.4 is 11.1 Å². The van der Waals surface area contributed by atoms with Crippen molar-refractivity contribution in [2.24, 2.45) is 7.05 Å². The number of nitrogen functional groups attached to an aromatic ring is 1. The summed E-state index contributed by atoms with van der Waals surface area (Å²) in [7, 11) is 1.86. The summed E-state index contributed by atoms with van der Waals surface area (Å²) in [4.78, 5) is 0. The normalized spacial score (nSPS) is 10.6. The molecule has 16 heavy (non-hydrogen) atoms. The van der Waals surface area contributed by atoms with Gasteiger partial charge in [-0.3, -0.25) is 4.68 Å². The first-order valence-corrected chi connectivity index (χ1v) is 5.16. The second-order valence-electron chi connectivity index (χ2n) is 3.53. The molecule has 3 N–H and O–H groups in total. The molecular formula is C10H15N5O. The fourth-order valence-corrected chi connectivity index (χ4v) is 1.57. The lowest BCUT2D eigenvalue weighted by Crippen LogP contribution is -2.06. The lowest BCUT2D eigenvalue weighted by atomic mass is 10.3. The summed E-state index contributed by atoms with van der Waals surface area (Å²) in [5, 5.41) is 11.3. The van der Waals surface area contributed by atoms with E-state index < -0.39 is 0 Å². The number of aromatic nitrogens is 3. The van der Waals surface area contributed by atoms with Crippen LogP contribution in [0, 0.1) is 0 Å². The predicted octanol–water partition coefficient (Wildman–Crippen LogP) is 1.16. The maximum Gasteiger partial charge on any atom is 0.148 e. The third-order valence-electron chi connectivity index (χ3n) is 2.42. The van der Waals surface area contributed by atoms with Gasteiger partial charge in [-0.15, -0.1) is 0 Å². The van der Waals surface area contributed by atoms with Crippen molar-refractivity contribution in [3.05, 3.63) is 23.7 Å². The molecule has 6 nitrogen and oxygen atoms in total. The van der Waals surface area contributed by atoms with Crippen LogP contribution >= 0.6 is 0 Å². The number of nitrogens with zero attached hydrogens (tertiary/aromatic N) is 3. The molecule has 0 fully saturated rings. The van der Waals surface area contributed by atoms with Crippen molar-refractivity contribution in [3.8, 4) is 0 Å². The van der Waals surface area contributed by atoms with Gasteiger partial charge >= 0.3 is 0 Å². The van der Waals surface area contributed by atoms with E-state index in [-0.39, 0.29) is 0 Å². The van der Waals surface area contributed by atoms with Gasteiger partial charge in [0.25, 0.3) is 0 Å². The van der Waals surface area contributed by atoms with Gasteiger partial charge in [0, 0.05) is 13.1 Å². The van der Waals surface area contributed by atoms with Crippen LogP contribution in [0.1, 0.15) is 18.3 Å². The van der Waals surface area contributed by atoms with E-state index in [2.05, 4.69) is 15.6 Å². The Labute approximate surface area is 93.4 Å². The van der Waals surface area contributed by atoms with Crippen LogP contribution in [0.3, 0.4) is 0 Å². The Hall–Kier alpha value is -1.98. The van der Waals surface area contributed by atoms with Crippen molar-refractivity contribution in [3.63, 3.8) is 0 Å². The highest BCUT2D eigenvalue weighted by Crippen LogP contribution is 2.22. The Morgan fingerprint density at radius 1 is 1.56 bits per heavy atom. The maximum atomic E-state index is 5.96. The van der Waals surface area contributed by atoms with Crippen molar-refractivity contribution in [2.75, 3.05) is 11.1 Å². The average Bonchev–Trinajstić information content (AvgIpc) is 2.86. The Balaban J connectivity index is 2.12. The predicted molar refractivity (Wildman–Crippen MR) is 60.8 cm³/mol. The van der Waals surface area contributed by atoms with Crippen molar-refractivity contribution in [1.82, 2.24) is 14.9 Å². The van der Waals surface area contributed by atoms with Gasteiger partial charge in [-0.05, 0) is 6.42 Å². The first-order chi connectivity index (χ1) is 7.72. The van der Waals surface area contributed by atoms with Gasteiger partial charge in [0.05, 0.1) is 17.9 Å². The summed E-state index contributed by atoms with van der Waals surface area (Å²) in [6.07, 6.45) is 2.37. The molecule has 0 aliphatic rings. The molecule has 0 aromatic carbocycles. The molecule has 0 amide bonds. The molecule has 0 saturated heterocycles. The van der Waals surface area contributed by atoms with Crippen molar-refractivity contribution < 1.29 is 4.52 Å². The molecule has 86 valence electrons. The van der Waals surface area contributed by atoms with E-state index in [0.717, 1.165) is 23.6 Å². The zero-order valence-corrected chi connectivity index (χ0v) is 9.40. The van der Waals surface area contributed by atoms with Gasteiger partial charge in [-0.2, -0.15) is 5.10 Å². The van der Waals surface area contributed by atoms with Crippen LogP contribution in [0.4, 0.5) is 11.5 Å². The summed E-state index contributed by atoms with van der Waals surface area (Å²) in [6.45, 7) is 2.60. The largest absolute Gasteiger partial charge is 0.394 e. The van der Waals surface area contributed by atoms with Crippen LogP contribution in [0.2, 0.25) is 0 Å². The summed E-state index contributed by atoms with van der Waals surface area (Å²) in [6, 6.07) is 1.81. The molecule has 0 unspecified atom stereocenters. The molecule has 0 atom stereocenters. The van der Waals surface area contributed by atoms with Gasteiger partial charge < -0.3 is 15.6 Å². The zero-order valence-electron chi connectivity index (χ0n) is 9.40. The molecule has 0 radical (unpaired) electrons. The van der Waals surface area contributed by atoms with Crippen molar-refractivity contribution in [2.45, 2.75) is 19.9 Å². The number of nitrogens with one attached hydrogen (secondary N) is 1. The minimum atomic E-state index is 0.573. The molecule has 0 saturated carbocycles. The maximum absolute atomic E-state index is 5.96. The van der Waals surface area contributed by atoms with E-state index >= 15 is 0 Å². The number of rotatable bonds is 4. The Morgan fingerprint density at radius 2 is 2.38 bits per heavy atom. The van der Waals surface area contributed by atoms with E-state index in [1.54, 1.807) is 17.0 Å². The van der Waals surface area contributed by atoms with E-state index in [0.29, 0.717) is 12.2 Å². The first-order valence-electron chi connectivity index (χ1n) is 5.16. The van der Waals surface area contributed by atoms with Crippen LogP contribution in [-0.2, 0) is 20.0 Å². The highest BCUT2D eigenvalue weighted by Gasteiger charge is 2.11. The van der Waals surface area contributed by atoms with E-state index in [4.69, 9.17) is 10.3 Å². The van der Waals surface area contributed by atoms with Crippen LogP contribution in [0.25, 0.3) is 0 Å². The van der Waals surface area contributed by atoms with Gasteiger partial charge in [-0.25, -0.2) is 0 Å². The number of nitrogens with two attached hydrogens (primary N) is 1. The summed E-state index contributed by atoms with van der Waals surface area (Å²) in [5.74, 6) is 0.819. The smallest absolute Gasteiger partial charge is 0.148 e. The minimum Gasteiger partial charge on any atom is -0.394 e. The monoisotopic (exact) mass is 221 g/mol. The van der Waals surface area contributed by atoms with E-state index in [1.165, 1.54) is 0 Å². The number of anilines is 2. The molecule has 2 aromatic rings. The molecule has 2 rings (SSSR count). The number of hydrogen-bond donors (Lipinski definition) is 2. The van der Waals surface area contributed by atoms with Crippen molar-refractivity contribution >= 4 is 11.5 Å². The lowest BCUT2D eigenvalue weighted by molar-refractivity contribution is 0.412.